The fourth-order valence-corrected chi connectivity index (χ4v) is 2.46. The van der Waals surface area contributed by atoms with E-state index in [9.17, 15) is 4.79 Å². The number of carbonyl (C=O) groups excluding carboxylic acids is 1. The summed E-state index contributed by atoms with van der Waals surface area (Å²) in [7, 11) is 0. The Morgan fingerprint density at radius 2 is 2.21 bits per heavy atom. The smallest absolute Gasteiger partial charge is 0.162 e. The molecule has 0 N–H and O–H groups in total. The molecule has 1 rings (SSSR count). The van der Waals surface area contributed by atoms with Gasteiger partial charge in [-0.05, 0) is 37.7 Å². The maximum absolute atomic E-state index is 11.9. The van der Waals surface area contributed by atoms with Gasteiger partial charge in [0.15, 0.2) is 5.78 Å². The highest BCUT2D eigenvalue weighted by Gasteiger charge is 2.38. The van der Waals surface area contributed by atoms with Crippen LogP contribution in [0.3, 0.4) is 0 Å². The number of carbonyl (C=O) groups is 1. The van der Waals surface area contributed by atoms with Crippen molar-refractivity contribution in [1.82, 2.24) is 0 Å². The zero-order chi connectivity index (χ0) is 10.8. The molecule has 1 heteroatoms. The Morgan fingerprint density at radius 1 is 1.57 bits per heavy atom. The molecule has 0 amide bonds. The van der Waals surface area contributed by atoms with E-state index in [-0.39, 0.29) is 17.1 Å². The minimum absolute atomic E-state index is 0.0347. The van der Waals surface area contributed by atoms with Gasteiger partial charge >= 0.3 is 0 Å². The van der Waals surface area contributed by atoms with Crippen LogP contribution in [-0.2, 0) is 4.79 Å². The Labute approximate surface area is 86.9 Å². The van der Waals surface area contributed by atoms with Gasteiger partial charge in [-0.15, -0.1) is 0 Å². The summed E-state index contributed by atoms with van der Waals surface area (Å²) < 4.78 is 0. The average Bonchev–Trinajstić information content (AvgIpc) is 2.02. The van der Waals surface area contributed by atoms with Crippen LogP contribution in [0.2, 0.25) is 0 Å². The average molecular weight is 192 g/mol. The Kier molecular flexibility index (Phi) is 3.30. The lowest BCUT2D eigenvalue weighted by molar-refractivity contribution is -0.120. The van der Waals surface area contributed by atoms with Gasteiger partial charge in [-0.25, -0.2) is 0 Å². The molecule has 0 spiro atoms. The van der Waals surface area contributed by atoms with Gasteiger partial charge in [-0.2, -0.15) is 0 Å². The SMILES string of the molecule is C=C1CCCC(C)(C)C1C(=O)/C=C/C. The third kappa shape index (κ3) is 2.14. The molecule has 1 aliphatic carbocycles. The van der Waals surface area contributed by atoms with Gasteiger partial charge < -0.3 is 0 Å². The maximum Gasteiger partial charge on any atom is 0.162 e. The minimum Gasteiger partial charge on any atom is -0.294 e. The topological polar surface area (TPSA) is 17.1 Å². The molecule has 1 fully saturated rings. The first-order valence-corrected chi connectivity index (χ1v) is 5.33. The zero-order valence-electron chi connectivity index (χ0n) is 9.47. The Hall–Kier alpha value is -0.850. The van der Waals surface area contributed by atoms with Crippen molar-refractivity contribution < 1.29 is 4.79 Å². The number of hydrogen-bond donors (Lipinski definition) is 0. The summed E-state index contributed by atoms with van der Waals surface area (Å²) in [4.78, 5) is 11.9. The van der Waals surface area contributed by atoms with Gasteiger partial charge in [0.25, 0.3) is 0 Å². The molecule has 78 valence electrons. The van der Waals surface area contributed by atoms with Crippen LogP contribution < -0.4 is 0 Å². The van der Waals surface area contributed by atoms with Crippen molar-refractivity contribution in [2.75, 3.05) is 0 Å². The van der Waals surface area contributed by atoms with E-state index in [1.165, 1.54) is 6.42 Å². The lowest BCUT2D eigenvalue weighted by atomic mass is 9.65. The zero-order valence-corrected chi connectivity index (χ0v) is 9.47. The fourth-order valence-electron chi connectivity index (χ4n) is 2.46. The molecular weight excluding hydrogens is 172 g/mol. The van der Waals surface area contributed by atoms with Crippen LogP contribution in [0, 0.1) is 11.3 Å². The third-order valence-electron chi connectivity index (χ3n) is 3.12. The summed E-state index contributed by atoms with van der Waals surface area (Å²) in [5.41, 5.74) is 1.20. The second-order valence-corrected chi connectivity index (χ2v) is 4.84. The van der Waals surface area contributed by atoms with E-state index < -0.39 is 0 Å². The van der Waals surface area contributed by atoms with Crippen molar-refractivity contribution in [3.63, 3.8) is 0 Å². The fraction of sp³-hybridized carbons (Fsp3) is 0.615. The van der Waals surface area contributed by atoms with Crippen LogP contribution in [-0.4, -0.2) is 5.78 Å². The summed E-state index contributed by atoms with van der Waals surface area (Å²) in [6.45, 7) is 10.3. The second-order valence-electron chi connectivity index (χ2n) is 4.84. The van der Waals surface area contributed by atoms with Gasteiger partial charge in [-0.3, -0.25) is 4.79 Å². The van der Waals surface area contributed by atoms with Crippen LogP contribution >= 0.6 is 0 Å². The van der Waals surface area contributed by atoms with Crippen molar-refractivity contribution in [1.29, 1.82) is 0 Å². The number of hydrogen-bond acceptors (Lipinski definition) is 1. The van der Waals surface area contributed by atoms with Crippen molar-refractivity contribution in [3.05, 3.63) is 24.3 Å². The number of allylic oxidation sites excluding steroid dienone is 3. The molecule has 1 saturated carbocycles. The molecule has 0 heterocycles. The van der Waals surface area contributed by atoms with Crippen LogP contribution in [0.15, 0.2) is 24.3 Å². The predicted molar refractivity (Wildman–Crippen MR) is 60.1 cm³/mol. The monoisotopic (exact) mass is 192 g/mol. The van der Waals surface area contributed by atoms with Crippen LogP contribution in [0.4, 0.5) is 0 Å². The molecule has 1 nitrogen and oxygen atoms in total. The van der Waals surface area contributed by atoms with Crippen molar-refractivity contribution in [2.45, 2.75) is 40.0 Å². The quantitative estimate of drug-likeness (QED) is 0.483. The number of ketones is 1. The Bertz CT molecular complexity index is 271. The molecule has 0 bridgehead atoms. The molecule has 14 heavy (non-hydrogen) atoms. The van der Waals surface area contributed by atoms with Crippen molar-refractivity contribution in [3.8, 4) is 0 Å². The minimum atomic E-state index is 0.0347. The lowest BCUT2D eigenvalue weighted by Gasteiger charge is -2.38. The molecule has 0 radical (unpaired) electrons. The maximum atomic E-state index is 11.9. The summed E-state index contributed by atoms with van der Waals surface area (Å²) in [5, 5.41) is 0. The van der Waals surface area contributed by atoms with E-state index in [2.05, 4.69) is 20.4 Å². The number of rotatable bonds is 2. The highest BCUT2D eigenvalue weighted by Crippen LogP contribution is 2.43. The Balaban J connectivity index is 2.90. The molecule has 1 aliphatic rings. The molecule has 1 atom stereocenters. The van der Waals surface area contributed by atoms with Crippen molar-refractivity contribution >= 4 is 5.78 Å². The first-order chi connectivity index (χ1) is 6.49. The molecular formula is C13H20O. The van der Waals surface area contributed by atoms with E-state index in [4.69, 9.17) is 0 Å². The standard InChI is InChI=1S/C13H20O/c1-5-7-11(14)12-10(2)8-6-9-13(12,3)4/h5,7,12H,2,6,8-9H2,1,3-4H3/b7-5+. The van der Waals surface area contributed by atoms with Crippen LogP contribution in [0.25, 0.3) is 0 Å². The molecule has 0 aliphatic heterocycles. The van der Waals surface area contributed by atoms with E-state index >= 15 is 0 Å². The van der Waals surface area contributed by atoms with Gasteiger partial charge in [0, 0.05) is 5.92 Å². The highest BCUT2D eigenvalue weighted by molar-refractivity contribution is 5.94. The van der Waals surface area contributed by atoms with E-state index in [0.717, 1.165) is 18.4 Å². The molecule has 0 aromatic carbocycles. The Morgan fingerprint density at radius 3 is 2.71 bits per heavy atom. The van der Waals surface area contributed by atoms with Crippen LogP contribution in [0.5, 0.6) is 0 Å². The molecule has 0 aromatic rings. The van der Waals surface area contributed by atoms with Gasteiger partial charge in [-0.1, -0.05) is 32.1 Å². The first-order valence-electron chi connectivity index (χ1n) is 5.33. The van der Waals surface area contributed by atoms with E-state index in [1.54, 1.807) is 6.08 Å². The largest absolute Gasteiger partial charge is 0.294 e. The molecule has 0 saturated heterocycles. The predicted octanol–water partition coefficient (Wildman–Crippen LogP) is 3.51. The highest BCUT2D eigenvalue weighted by atomic mass is 16.1. The normalized spacial score (nSPS) is 26.8. The summed E-state index contributed by atoms with van der Waals surface area (Å²) in [6.07, 6.45) is 6.81. The van der Waals surface area contributed by atoms with Crippen LogP contribution in [0.1, 0.15) is 40.0 Å². The van der Waals surface area contributed by atoms with Crippen molar-refractivity contribution in [2.24, 2.45) is 11.3 Å². The summed E-state index contributed by atoms with van der Waals surface area (Å²) in [6, 6.07) is 0. The lowest BCUT2D eigenvalue weighted by Crippen LogP contribution is -2.34. The third-order valence-corrected chi connectivity index (χ3v) is 3.12. The first kappa shape index (κ1) is 11.2. The van der Waals surface area contributed by atoms with Gasteiger partial charge in [0.2, 0.25) is 0 Å². The second kappa shape index (κ2) is 4.12. The van der Waals surface area contributed by atoms with E-state index in [1.807, 2.05) is 13.0 Å². The molecule has 0 aromatic heterocycles. The van der Waals surface area contributed by atoms with Gasteiger partial charge in [0.1, 0.15) is 0 Å². The summed E-state index contributed by atoms with van der Waals surface area (Å²) in [5.74, 6) is 0.259. The summed E-state index contributed by atoms with van der Waals surface area (Å²) >= 11 is 0. The van der Waals surface area contributed by atoms with Gasteiger partial charge in [0.05, 0.1) is 0 Å². The molecule has 1 unspecified atom stereocenters. The van der Waals surface area contributed by atoms with E-state index in [0.29, 0.717) is 0 Å².